The van der Waals surface area contributed by atoms with Gasteiger partial charge in [-0.1, -0.05) is 11.6 Å². The average Bonchev–Trinajstić information content (AvgIpc) is 2.16. The van der Waals surface area contributed by atoms with Crippen molar-refractivity contribution in [3.8, 4) is 5.75 Å². The van der Waals surface area contributed by atoms with Crippen molar-refractivity contribution in [2.24, 2.45) is 5.73 Å². The molecule has 0 radical (unpaired) electrons. The summed E-state index contributed by atoms with van der Waals surface area (Å²) in [5, 5.41) is -0.0272. The summed E-state index contributed by atoms with van der Waals surface area (Å²) in [6, 6.07) is 1.87. The van der Waals surface area contributed by atoms with Crippen LogP contribution in [0.5, 0.6) is 5.75 Å². The first-order valence-corrected chi connectivity index (χ1v) is 4.39. The molecule has 15 heavy (non-hydrogen) atoms. The van der Waals surface area contributed by atoms with Crippen molar-refractivity contribution in [1.29, 1.82) is 0 Å². The smallest absolute Gasteiger partial charge is 0.407 e. The second kappa shape index (κ2) is 4.28. The first-order valence-electron chi connectivity index (χ1n) is 4.02. The van der Waals surface area contributed by atoms with E-state index in [0.717, 1.165) is 0 Å². The molecule has 1 aromatic carbocycles. The van der Waals surface area contributed by atoms with Crippen molar-refractivity contribution < 1.29 is 17.9 Å². The number of rotatable bonds is 2. The normalized spacial score (nSPS) is 13.7. The maximum atomic E-state index is 12.3. The molecule has 0 aliphatic rings. The summed E-state index contributed by atoms with van der Waals surface area (Å²) in [6.45, 7) is 0. The van der Waals surface area contributed by atoms with Crippen molar-refractivity contribution in [3.05, 3.63) is 28.8 Å². The highest BCUT2D eigenvalue weighted by Gasteiger charge is 2.39. The van der Waals surface area contributed by atoms with Crippen LogP contribution in [0.1, 0.15) is 11.6 Å². The average molecular weight is 240 g/mol. The van der Waals surface area contributed by atoms with E-state index in [4.69, 9.17) is 22.1 Å². The number of ether oxygens (including phenoxy) is 1. The molecule has 84 valence electrons. The summed E-state index contributed by atoms with van der Waals surface area (Å²) in [6.07, 6.45) is -4.52. The molecule has 6 heteroatoms. The Labute approximate surface area is 89.8 Å². The fourth-order valence-corrected chi connectivity index (χ4v) is 1.30. The lowest BCUT2D eigenvalue weighted by molar-refractivity contribution is -0.149. The lowest BCUT2D eigenvalue weighted by atomic mass is 10.1. The molecule has 2 nitrogen and oxygen atoms in total. The van der Waals surface area contributed by atoms with Gasteiger partial charge in [-0.25, -0.2) is 0 Å². The van der Waals surface area contributed by atoms with E-state index in [1.807, 2.05) is 0 Å². The van der Waals surface area contributed by atoms with Crippen molar-refractivity contribution in [1.82, 2.24) is 0 Å². The number of benzene rings is 1. The second-order valence-electron chi connectivity index (χ2n) is 2.91. The van der Waals surface area contributed by atoms with Crippen LogP contribution in [0.2, 0.25) is 5.02 Å². The van der Waals surface area contributed by atoms with Gasteiger partial charge < -0.3 is 10.5 Å². The monoisotopic (exact) mass is 239 g/mol. The zero-order valence-electron chi connectivity index (χ0n) is 7.81. The van der Waals surface area contributed by atoms with Crippen LogP contribution in [-0.2, 0) is 0 Å². The van der Waals surface area contributed by atoms with Gasteiger partial charge in [-0.05, 0) is 18.2 Å². The standard InChI is InChI=1S/C9H9ClF3NO/c1-15-5-2-3-7(10)6(4-5)8(14)9(11,12)13/h2-4,8H,14H2,1H3/t8-/m1/s1. The van der Waals surface area contributed by atoms with Crippen LogP contribution in [0, 0.1) is 0 Å². The topological polar surface area (TPSA) is 35.2 Å². The van der Waals surface area contributed by atoms with E-state index in [1.165, 1.54) is 25.3 Å². The van der Waals surface area contributed by atoms with Crippen LogP contribution < -0.4 is 10.5 Å². The molecule has 0 saturated carbocycles. The summed E-state index contributed by atoms with van der Waals surface area (Å²) in [7, 11) is 1.35. The first-order chi connectivity index (χ1) is 6.86. The third-order valence-electron chi connectivity index (χ3n) is 1.89. The summed E-state index contributed by atoms with van der Waals surface area (Å²) in [5.74, 6) is 0.286. The number of hydrogen-bond donors (Lipinski definition) is 1. The molecule has 0 unspecified atom stereocenters. The Kier molecular flexibility index (Phi) is 3.46. The van der Waals surface area contributed by atoms with Crippen molar-refractivity contribution in [2.75, 3.05) is 7.11 Å². The molecule has 0 heterocycles. The summed E-state index contributed by atoms with van der Waals surface area (Å²) in [5.41, 5.74) is 4.84. The van der Waals surface area contributed by atoms with Gasteiger partial charge in [0.15, 0.2) is 0 Å². The van der Waals surface area contributed by atoms with Crippen molar-refractivity contribution in [3.63, 3.8) is 0 Å². The molecule has 0 aliphatic heterocycles. The molecule has 0 fully saturated rings. The zero-order valence-corrected chi connectivity index (χ0v) is 8.56. The minimum absolute atomic E-state index is 0.0272. The number of alkyl halides is 3. The quantitative estimate of drug-likeness (QED) is 0.861. The SMILES string of the molecule is COc1ccc(Cl)c([C@@H](N)C(F)(F)F)c1. The van der Waals surface area contributed by atoms with E-state index in [1.54, 1.807) is 0 Å². The van der Waals surface area contributed by atoms with Gasteiger partial charge in [0.05, 0.1) is 7.11 Å². The van der Waals surface area contributed by atoms with Gasteiger partial charge in [-0.15, -0.1) is 0 Å². The molecule has 2 N–H and O–H groups in total. The van der Waals surface area contributed by atoms with Crippen molar-refractivity contribution in [2.45, 2.75) is 12.2 Å². The molecule has 0 aromatic heterocycles. The Morgan fingerprint density at radius 2 is 2.00 bits per heavy atom. The Morgan fingerprint density at radius 1 is 1.40 bits per heavy atom. The van der Waals surface area contributed by atoms with Gasteiger partial charge in [-0.2, -0.15) is 13.2 Å². The highest BCUT2D eigenvalue weighted by molar-refractivity contribution is 6.31. The number of methoxy groups -OCH3 is 1. The van der Waals surface area contributed by atoms with Crippen LogP contribution in [0.3, 0.4) is 0 Å². The molecule has 0 amide bonds. The van der Waals surface area contributed by atoms with Gasteiger partial charge in [-0.3, -0.25) is 0 Å². The molecular formula is C9H9ClF3NO. The van der Waals surface area contributed by atoms with Gasteiger partial charge in [0, 0.05) is 10.6 Å². The van der Waals surface area contributed by atoms with Gasteiger partial charge in [0.2, 0.25) is 0 Å². The Hall–Kier alpha value is -0.940. The van der Waals surface area contributed by atoms with Gasteiger partial charge in [0.1, 0.15) is 11.8 Å². The largest absolute Gasteiger partial charge is 0.497 e. The lowest BCUT2D eigenvalue weighted by Crippen LogP contribution is -2.28. The molecule has 1 rings (SSSR count). The predicted octanol–water partition coefficient (Wildman–Crippen LogP) is 2.91. The highest BCUT2D eigenvalue weighted by atomic mass is 35.5. The second-order valence-corrected chi connectivity index (χ2v) is 3.31. The van der Waals surface area contributed by atoms with Gasteiger partial charge >= 0.3 is 6.18 Å². The van der Waals surface area contributed by atoms with E-state index in [0.29, 0.717) is 0 Å². The highest BCUT2D eigenvalue weighted by Crippen LogP contribution is 2.35. The maximum Gasteiger partial charge on any atom is 0.407 e. The van der Waals surface area contributed by atoms with Crippen LogP contribution in [0.4, 0.5) is 13.2 Å². The Bertz CT molecular complexity index is 354. The number of halogens is 4. The third-order valence-corrected chi connectivity index (χ3v) is 2.24. The van der Waals surface area contributed by atoms with Gasteiger partial charge in [0.25, 0.3) is 0 Å². The van der Waals surface area contributed by atoms with E-state index in [-0.39, 0.29) is 16.3 Å². The minimum Gasteiger partial charge on any atom is -0.497 e. The van der Waals surface area contributed by atoms with Crippen LogP contribution in [0.15, 0.2) is 18.2 Å². The van der Waals surface area contributed by atoms with E-state index < -0.39 is 12.2 Å². The molecule has 0 saturated heterocycles. The summed E-state index contributed by atoms with van der Waals surface area (Å²) < 4.78 is 41.8. The van der Waals surface area contributed by atoms with Crippen LogP contribution in [-0.4, -0.2) is 13.3 Å². The van der Waals surface area contributed by atoms with E-state index in [2.05, 4.69) is 0 Å². The summed E-state index contributed by atoms with van der Waals surface area (Å²) in [4.78, 5) is 0. The fraction of sp³-hybridized carbons (Fsp3) is 0.333. The third kappa shape index (κ3) is 2.76. The number of hydrogen-bond acceptors (Lipinski definition) is 2. The van der Waals surface area contributed by atoms with E-state index >= 15 is 0 Å². The fourth-order valence-electron chi connectivity index (χ4n) is 1.06. The molecule has 0 spiro atoms. The number of nitrogens with two attached hydrogens (primary N) is 1. The molecule has 1 aromatic rings. The zero-order chi connectivity index (χ0) is 11.6. The Balaban J connectivity index is 3.12. The van der Waals surface area contributed by atoms with Crippen LogP contribution in [0.25, 0.3) is 0 Å². The Morgan fingerprint density at radius 3 is 2.47 bits per heavy atom. The first kappa shape index (κ1) is 12.1. The molecular weight excluding hydrogens is 231 g/mol. The van der Waals surface area contributed by atoms with E-state index in [9.17, 15) is 13.2 Å². The summed E-state index contributed by atoms with van der Waals surface area (Å²) >= 11 is 5.62. The lowest BCUT2D eigenvalue weighted by Gasteiger charge is -2.17. The van der Waals surface area contributed by atoms with Crippen LogP contribution >= 0.6 is 11.6 Å². The predicted molar refractivity (Wildman–Crippen MR) is 51.0 cm³/mol. The van der Waals surface area contributed by atoms with Crippen molar-refractivity contribution >= 4 is 11.6 Å². The molecule has 0 aliphatic carbocycles. The molecule has 1 atom stereocenters. The maximum absolute atomic E-state index is 12.3. The minimum atomic E-state index is -4.52. The molecule has 0 bridgehead atoms.